The summed E-state index contributed by atoms with van der Waals surface area (Å²) in [6, 6.07) is 14.9. The number of carbonyl (C=O) groups is 2. The number of anilines is 2. The molecule has 1 heterocycles. The molecular weight excluding hydrogens is 290 g/mol. The van der Waals surface area contributed by atoms with E-state index >= 15 is 0 Å². The predicted molar refractivity (Wildman–Crippen MR) is 90.7 cm³/mol. The Bertz CT molecular complexity index is 757. The first-order valence-corrected chi connectivity index (χ1v) is 7.59. The van der Waals surface area contributed by atoms with Crippen LogP contribution in [-0.4, -0.2) is 24.9 Å². The zero-order valence-electron chi connectivity index (χ0n) is 13.0. The number of hydrogen-bond acceptors (Lipinski definition) is 3. The van der Waals surface area contributed by atoms with E-state index in [1.54, 1.807) is 24.3 Å². The lowest BCUT2D eigenvalue weighted by molar-refractivity contribution is -0.115. The van der Waals surface area contributed by atoms with E-state index in [1.165, 1.54) is 5.56 Å². The van der Waals surface area contributed by atoms with Crippen LogP contribution in [0.1, 0.15) is 28.8 Å². The highest BCUT2D eigenvalue weighted by Gasteiger charge is 2.26. The maximum Gasteiger partial charge on any atom is 0.250 e. The van der Waals surface area contributed by atoms with E-state index in [-0.39, 0.29) is 12.5 Å². The van der Waals surface area contributed by atoms with Gasteiger partial charge in [0.05, 0.1) is 17.8 Å². The highest BCUT2D eigenvalue weighted by molar-refractivity contribution is 6.04. The van der Waals surface area contributed by atoms with Crippen LogP contribution in [0.2, 0.25) is 0 Å². The molecule has 0 saturated carbocycles. The zero-order valence-corrected chi connectivity index (χ0v) is 13.0. The third-order valence-corrected chi connectivity index (χ3v) is 4.10. The molecule has 5 nitrogen and oxygen atoms in total. The second-order valence-electron chi connectivity index (χ2n) is 5.80. The minimum atomic E-state index is -0.555. The summed E-state index contributed by atoms with van der Waals surface area (Å²) in [4.78, 5) is 25.8. The molecule has 1 aliphatic heterocycles. The smallest absolute Gasteiger partial charge is 0.250 e. The number of rotatable bonds is 4. The van der Waals surface area contributed by atoms with Gasteiger partial charge in [-0.05, 0) is 23.8 Å². The van der Waals surface area contributed by atoms with E-state index in [9.17, 15) is 9.59 Å². The summed E-state index contributed by atoms with van der Waals surface area (Å²) >= 11 is 0. The molecule has 2 aromatic rings. The van der Waals surface area contributed by atoms with E-state index in [1.807, 2.05) is 18.2 Å². The van der Waals surface area contributed by atoms with Gasteiger partial charge in [0.1, 0.15) is 0 Å². The van der Waals surface area contributed by atoms with Crippen LogP contribution in [0.5, 0.6) is 0 Å². The number of para-hydroxylation sites is 2. The van der Waals surface area contributed by atoms with Crippen molar-refractivity contribution >= 4 is 23.2 Å². The summed E-state index contributed by atoms with van der Waals surface area (Å²) in [6.07, 6.45) is 0. The zero-order chi connectivity index (χ0) is 16.4. The van der Waals surface area contributed by atoms with Gasteiger partial charge < -0.3 is 16.0 Å². The number of primary amides is 1. The predicted octanol–water partition coefficient (Wildman–Crippen LogP) is 2.35. The summed E-state index contributed by atoms with van der Waals surface area (Å²) in [6.45, 7) is 3.21. The second-order valence-corrected chi connectivity index (χ2v) is 5.80. The average Bonchev–Trinajstić information content (AvgIpc) is 2.84. The van der Waals surface area contributed by atoms with Gasteiger partial charge >= 0.3 is 0 Å². The first-order chi connectivity index (χ1) is 11.1. The monoisotopic (exact) mass is 309 g/mol. The standard InChI is InChI=1S/C18H19N3O2/c1-12-10-21(16-9-5-3-6-13(12)16)11-17(22)20-15-8-4-2-7-14(15)18(19)23/h2-9,12H,10-11H2,1H3,(H2,19,23)(H,20,22). The Morgan fingerprint density at radius 2 is 1.87 bits per heavy atom. The summed E-state index contributed by atoms with van der Waals surface area (Å²) in [5.41, 5.74) is 8.46. The molecule has 0 bridgehead atoms. The minimum Gasteiger partial charge on any atom is -0.366 e. The van der Waals surface area contributed by atoms with Gasteiger partial charge in [0.25, 0.3) is 5.91 Å². The maximum absolute atomic E-state index is 12.4. The molecule has 2 aromatic carbocycles. The van der Waals surface area contributed by atoms with Gasteiger partial charge in [-0.15, -0.1) is 0 Å². The highest BCUT2D eigenvalue weighted by atomic mass is 16.2. The summed E-state index contributed by atoms with van der Waals surface area (Å²) in [5.74, 6) is -0.319. The van der Waals surface area contributed by atoms with Gasteiger partial charge in [-0.3, -0.25) is 9.59 Å². The molecule has 1 aliphatic rings. The quantitative estimate of drug-likeness (QED) is 0.910. The van der Waals surface area contributed by atoms with Crippen LogP contribution in [0.15, 0.2) is 48.5 Å². The SMILES string of the molecule is CC1CN(CC(=O)Nc2ccccc2C(N)=O)c2ccccc21. The molecule has 118 valence electrons. The maximum atomic E-state index is 12.4. The molecule has 0 aliphatic carbocycles. The average molecular weight is 309 g/mol. The Kier molecular flexibility index (Phi) is 4.02. The van der Waals surface area contributed by atoms with Crippen molar-refractivity contribution in [3.8, 4) is 0 Å². The van der Waals surface area contributed by atoms with Crippen molar-refractivity contribution in [2.45, 2.75) is 12.8 Å². The van der Waals surface area contributed by atoms with Gasteiger partial charge in [-0.2, -0.15) is 0 Å². The summed E-state index contributed by atoms with van der Waals surface area (Å²) in [7, 11) is 0. The molecular formula is C18H19N3O2. The Balaban J connectivity index is 1.73. The van der Waals surface area contributed by atoms with Gasteiger partial charge in [-0.25, -0.2) is 0 Å². The van der Waals surface area contributed by atoms with Crippen molar-refractivity contribution in [1.82, 2.24) is 0 Å². The number of fused-ring (bicyclic) bond motifs is 1. The molecule has 0 aromatic heterocycles. The van der Waals surface area contributed by atoms with Crippen LogP contribution in [-0.2, 0) is 4.79 Å². The van der Waals surface area contributed by atoms with E-state index < -0.39 is 5.91 Å². The molecule has 1 unspecified atom stereocenters. The highest BCUT2D eigenvalue weighted by Crippen LogP contribution is 2.35. The molecule has 5 heteroatoms. The molecule has 3 rings (SSSR count). The van der Waals surface area contributed by atoms with Gasteiger partial charge in [0, 0.05) is 18.2 Å². The number of nitrogens with two attached hydrogens (primary N) is 1. The first-order valence-electron chi connectivity index (χ1n) is 7.59. The van der Waals surface area contributed by atoms with Crippen molar-refractivity contribution in [1.29, 1.82) is 0 Å². The fourth-order valence-corrected chi connectivity index (χ4v) is 3.04. The lowest BCUT2D eigenvalue weighted by Gasteiger charge is -2.19. The second kappa shape index (κ2) is 6.12. The van der Waals surface area contributed by atoms with Crippen molar-refractivity contribution in [2.75, 3.05) is 23.3 Å². The van der Waals surface area contributed by atoms with Crippen molar-refractivity contribution in [3.05, 3.63) is 59.7 Å². The normalized spacial score (nSPS) is 16.0. The molecule has 0 radical (unpaired) electrons. The van der Waals surface area contributed by atoms with E-state index in [4.69, 9.17) is 5.73 Å². The first kappa shape index (κ1) is 15.1. The van der Waals surface area contributed by atoms with Crippen LogP contribution >= 0.6 is 0 Å². The topological polar surface area (TPSA) is 75.4 Å². The van der Waals surface area contributed by atoms with Crippen molar-refractivity contribution in [2.24, 2.45) is 5.73 Å². The Labute approximate surface area is 135 Å². The number of amides is 2. The van der Waals surface area contributed by atoms with E-state index in [2.05, 4.69) is 23.2 Å². The number of nitrogens with zero attached hydrogens (tertiary/aromatic N) is 1. The molecule has 3 N–H and O–H groups in total. The van der Waals surface area contributed by atoms with Crippen LogP contribution in [0, 0.1) is 0 Å². The molecule has 0 spiro atoms. The lowest BCUT2D eigenvalue weighted by atomic mass is 10.0. The van der Waals surface area contributed by atoms with E-state index in [0.717, 1.165) is 12.2 Å². The van der Waals surface area contributed by atoms with Crippen molar-refractivity contribution in [3.63, 3.8) is 0 Å². The fourth-order valence-electron chi connectivity index (χ4n) is 3.04. The number of hydrogen-bond donors (Lipinski definition) is 2. The molecule has 2 amide bonds. The van der Waals surface area contributed by atoms with Crippen LogP contribution in [0.25, 0.3) is 0 Å². The Morgan fingerprint density at radius 1 is 1.17 bits per heavy atom. The lowest BCUT2D eigenvalue weighted by Crippen LogP contribution is -2.32. The molecule has 23 heavy (non-hydrogen) atoms. The molecule has 0 fully saturated rings. The largest absolute Gasteiger partial charge is 0.366 e. The number of carbonyl (C=O) groups excluding carboxylic acids is 2. The van der Waals surface area contributed by atoms with Gasteiger partial charge in [0.2, 0.25) is 5.91 Å². The van der Waals surface area contributed by atoms with Gasteiger partial charge in [0.15, 0.2) is 0 Å². The van der Waals surface area contributed by atoms with E-state index in [0.29, 0.717) is 17.2 Å². The molecule has 1 atom stereocenters. The van der Waals surface area contributed by atoms with Crippen LogP contribution in [0.4, 0.5) is 11.4 Å². The van der Waals surface area contributed by atoms with Gasteiger partial charge in [-0.1, -0.05) is 37.3 Å². The number of benzene rings is 2. The number of nitrogens with one attached hydrogen (secondary N) is 1. The molecule has 0 saturated heterocycles. The summed E-state index contributed by atoms with van der Waals surface area (Å²) in [5, 5.41) is 2.78. The minimum absolute atomic E-state index is 0.164. The van der Waals surface area contributed by atoms with Crippen molar-refractivity contribution < 1.29 is 9.59 Å². The summed E-state index contributed by atoms with van der Waals surface area (Å²) < 4.78 is 0. The third-order valence-electron chi connectivity index (χ3n) is 4.10. The fraction of sp³-hybridized carbons (Fsp3) is 0.222. The Morgan fingerprint density at radius 3 is 2.65 bits per heavy atom. The third kappa shape index (κ3) is 3.04. The van der Waals surface area contributed by atoms with Crippen LogP contribution in [0.3, 0.4) is 0 Å². The van der Waals surface area contributed by atoms with Crippen LogP contribution < -0.4 is 16.0 Å². The Hall–Kier alpha value is -2.82.